The normalized spacial score (nSPS) is 11.8. The summed E-state index contributed by atoms with van der Waals surface area (Å²) in [4.78, 5) is 37.3. The molecule has 0 fully saturated rings. The van der Waals surface area contributed by atoms with E-state index in [9.17, 15) is 14.4 Å². The Kier molecular flexibility index (Phi) is 40.9. The average molecular weight is 737 g/mol. The van der Waals surface area contributed by atoms with Crippen molar-refractivity contribution in [1.29, 1.82) is 0 Å². The second-order valence-electron chi connectivity index (χ2n) is 15.7. The van der Waals surface area contributed by atoms with Gasteiger partial charge in [-0.1, -0.05) is 220 Å². The number of hydrogen-bond donors (Lipinski definition) is 0. The van der Waals surface area contributed by atoms with Crippen molar-refractivity contribution in [2.45, 2.75) is 264 Å². The fourth-order valence-corrected chi connectivity index (χ4v) is 6.85. The summed E-state index contributed by atoms with van der Waals surface area (Å²) >= 11 is 0. The summed E-state index contributed by atoms with van der Waals surface area (Å²) in [5, 5.41) is 0. The molecule has 0 aliphatic heterocycles. The van der Waals surface area contributed by atoms with Crippen LogP contribution in [0.15, 0.2) is 0 Å². The largest absolute Gasteiger partial charge is 0.462 e. The van der Waals surface area contributed by atoms with Crippen LogP contribution in [0, 0.1) is 0 Å². The summed E-state index contributed by atoms with van der Waals surface area (Å²) in [6.45, 7) is 6.54. The number of ether oxygens (including phenoxy) is 3. The molecular weight excluding hydrogens is 649 g/mol. The molecule has 0 aromatic heterocycles. The molecule has 0 aliphatic carbocycles. The molecule has 52 heavy (non-hydrogen) atoms. The van der Waals surface area contributed by atoms with Crippen LogP contribution in [0.5, 0.6) is 0 Å². The second-order valence-corrected chi connectivity index (χ2v) is 15.7. The van der Waals surface area contributed by atoms with Crippen molar-refractivity contribution >= 4 is 17.9 Å². The molecule has 0 aromatic carbocycles. The highest BCUT2D eigenvalue weighted by Crippen LogP contribution is 2.16. The molecule has 6 heteroatoms. The Morgan fingerprint density at radius 1 is 0.308 bits per heavy atom. The lowest BCUT2D eigenvalue weighted by atomic mass is 10.0. The smallest absolute Gasteiger partial charge is 0.306 e. The Hall–Kier alpha value is -1.59. The summed E-state index contributed by atoms with van der Waals surface area (Å²) in [6.07, 6.45) is 42.9. The van der Waals surface area contributed by atoms with Gasteiger partial charge in [0, 0.05) is 19.3 Å². The number of carbonyl (C=O) groups excluding carboxylic acids is 3. The first-order valence-electron chi connectivity index (χ1n) is 23.0. The lowest BCUT2D eigenvalue weighted by molar-refractivity contribution is -0.167. The standard InChI is InChI=1S/C46H88O6/c1-4-7-10-13-16-17-18-19-20-21-22-23-24-25-26-27-28-29-30-31-34-36-39-45(48)51-42-43(52-46(49)40-37-33-15-12-9-6-3)41-50-44(47)38-35-32-14-11-8-5-2/h43H,4-42H2,1-3H3. The van der Waals surface area contributed by atoms with Gasteiger partial charge in [0.1, 0.15) is 13.2 Å². The van der Waals surface area contributed by atoms with Crippen LogP contribution in [-0.4, -0.2) is 37.2 Å². The van der Waals surface area contributed by atoms with Crippen LogP contribution >= 0.6 is 0 Å². The van der Waals surface area contributed by atoms with Gasteiger partial charge in [-0.05, 0) is 19.3 Å². The molecule has 0 bridgehead atoms. The van der Waals surface area contributed by atoms with E-state index < -0.39 is 6.10 Å². The highest BCUT2D eigenvalue weighted by Gasteiger charge is 2.19. The minimum atomic E-state index is -0.755. The molecule has 0 radical (unpaired) electrons. The van der Waals surface area contributed by atoms with Crippen molar-refractivity contribution in [2.75, 3.05) is 13.2 Å². The molecule has 0 aromatic rings. The number of esters is 3. The van der Waals surface area contributed by atoms with E-state index in [0.29, 0.717) is 19.3 Å². The van der Waals surface area contributed by atoms with Crippen LogP contribution < -0.4 is 0 Å². The van der Waals surface area contributed by atoms with Crippen molar-refractivity contribution in [3.05, 3.63) is 0 Å². The molecule has 0 rings (SSSR count). The van der Waals surface area contributed by atoms with Gasteiger partial charge in [0.15, 0.2) is 6.10 Å². The fraction of sp³-hybridized carbons (Fsp3) is 0.935. The lowest BCUT2D eigenvalue weighted by Crippen LogP contribution is -2.30. The Labute approximate surface area is 323 Å². The summed E-state index contributed by atoms with van der Waals surface area (Å²) in [5.41, 5.74) is 0. The van der Waals surface area contributed by atoms with Gasteiger partial charge in [-0.3, -0.25) is 14.4 Å². The third-order valence-corrected chi connectivity index (χ3v) is 10.4. The van der Waals surface area contributed by atoms with Crippen molar-refractivity contribution in [3.8, 4) is 0 Å². The van der Waals surface area contributed by atoms with Crippen LogP contribution in [0.1, 0.15) is 258 Å². The topological polar surface area (TPSA) is 78.9 Å². The molecule has 0 amide bonds. The minimum absolute atomic E-state index is 0.0648. The average Bonchev–Trinajstić information content (AvgIpc) is 3.14. The molecular formula is C46H88O6. The van der Waals surface area contributed by atoms with Crippen LogP contribution in [0.25, 0.3) is 0 Å². The third-order valence-electron chi connectivity index (χ3n) is 10.4. The first-order chi connectivity index (χ1) is 25.5. The van der Waals surface area contributed by atoms with E-state index in [0.717, 1.165) is 57.8 Å². The molecule has 6 nitrogen and oxygen atoms in total. The zero-order valence-corrected chi connectivity index (χ0v) is 35.1. The highest BCUT2D eigenvalue weighted by molar-refractivity contribution is 5.71. The number of hydrogen-bond acceptors (Lipinski definition) is 6. The first-order valence-corrected chi connectivity index (χ1v) is 23.0. The van der Waals surface area contributed by atoms with E-state index in [4.69, 9.17) is 14.2 Å². The van der Waals surface area contributed by atoms with Gasteiger partial charge in [-0.15, -0.1) is 0 Å². The van der Waals surface area contributed by atoms with Crippen LogP contribution in [0.4, 0.5) is 0 Å². The Morgan fingerprint density at radius 3 is 0.769 bits per heavy atom. The van der Waals surface area contributed by atoms with E-state index in [1.165, 1.54) is 161 Å². The SMILES string of the molecule is CCCCCCCCCCCCCCCCCCCCCCCCC(=O)OCC(COC(=O)CCCCCCCC)OC(=O)CCCCCCCC. The molecule has 1 unspecified atom stereocenters. The molecule has 0 aliphatic rings. The maximum atomic E-state index is 12.5. The van der Waals surface area contributed by atoms with E-state index in [-0.39, 0.29) is 31.1 Å². The number of carbonyl (C=O) groups is 3. The summed E-state index contributed by atoms with van der Waals surface area (Å²) in [5.74, 6) is -0.875. The van der Waals surface area contributed by atoms with Crippen molar-refractivity contribution < 1.29 is 28.6 Å². The Bertz CT molecular complexity index is 768. The quantitative estimate of drug-likeness (QED) is 0.0353. The first kappa shape index (κ1) is 50.4. The second kappa shape index (κ2) is 42.2. The Balaban J connectivity index is 3.94. The molecule has 0 N–H and O–H groups in total. The van der Waals surface area contributed by atoms with E-state index >= 15 is 0 Å². The van der Waals surface area contributed by atoms with Crippen molar-refractivity contribution in [3.63, 3.8) is 0 Å². The molecule has 0 saturated heterocycles. The molecule has 1 atom stereocenters. The van der Waals surface area contributed by atoms with Crippen molar-refractivity contribution in [1.82, 2.24) is 0 Å². The van der Waals surface area contributed by atoms with Gasteiger partial charge in [-0.2, -0.15) is 0 Å². The third kappa shape index (κ3) is 39.6. The van der Waals surface area contributed by atoms with Gasteiger partial charge in [0.25, 0.3) is 0 Å². The van der Waals surface area contributed by atoms with Gasteiger partial charge in [0.2, 0.25) is 0 Å². The van der Waals surface area contributed by atoms with Crippen LogP contribution in [0.2, 0.25) is 0 Å². The zero-order valence-electron chi connectivity index (χ0n) is 35.1. The predicted molar refractivity (Wildman–Crippen MR) is 220 cm³/mol. The maximum Gasteiger partial charge on any atom is 0.306 e. The minimum Gasteiger partial charge on any atom is -0.462 e. The van der Waals surface area contributed by atoms with Gasteiger partial charge < -0.3 is 14.2 Å². The summed E-state index contributed by atoms with van der Waals surface area (Å²) in [6, 6.07) is 0. The van der Waals surface area contributed by atoms with Crippen LogP contribution in [0.3, 0.4) is 0 Å². The Morgan fingerprint density at radius 2 is 0.519 bits per heavy atom. The highest BCUT2D eigenvalue weighted by atomic mass is 16.6. The summed E-state index contributed by atoms with van der Waals surface area (Å²) < 4.78 is 16.5. The number of unbranched alkanes of at least 4 members (excludes halogenated alkanes) is 31. The van der Waals surface area contributed by atoms with Gasteiger partial charge >= 0.3 is 17.9 Å². The molecule has 0 heterocycles. The monoisotopic (exact) mass is 737 g/mol. The maximum absolute atomic E-state index is 12.5. The predicted octanol–water partition coefficient (Wildman–Crippen LogP) is 14.5. The van der Waals surface area contributed by atoms with E-state index in [1.807, 2.05) is 0 Å². The van der Waals surface area contributed by atoms with E-state index in [2.05, 4.69) is 20.8 Å². The van der Waals surface area contributed by atoms with Crippen LogP contribution in [-0.2, 0) is 28.6 Å². The molecule has 0 spiro atoms. The number of rotatable bonds is 42. The fourth-order valence-electron chi connectivity index (χ4n) is 6.85. The van der Waals surface area contributed by atoms with E-state index in [1.54, 1.807) is 0 Å². The van der Waals surface area contributed by atoms with Gasteiger partial charge in [-0.25, -0.2) is 0 Å². The summed E-state index contributed by atoms with van der Waals surface area (Å²) in [7, 11) is 0. The lowest BCUT2D eigenvalue weighted by Gasteiger charge is -2.18. The molecule has 0 saturated carbocycles. The van der Waals surface area contributed by atoms with Gasteiger partial charge in [0.05, 0.1) is 0 Å². The molecule has 308 valence electrons. The zero-order chi connectivity index (χ0) is 38.0. The van der Waals surface area contributed by atoms with Crippen molar-refractivity contribution in [2.24, 2.45) is 0 Å².